The van der Waals surface area contributed by atoms with Crippen molar-refractivity contribution in [2.45, 2.75) is 104 Å². The molecule has 0 spiro atoms. The third kappa shape index (κ3) is 30.5. The molecule has 0 saturated carbocycles. The lowest BCUT2D eigenvalue weighted by Crippen LogP contribution is -2.43. The highest BCUT2D eigenvalue weighted by Gasteiger charge is 2.39. The zero-order chi connectivity index (χ0) is 76.6. The van der Waals surface area contributed by atoms with E-state index < -0.39 is 26.2 Å². The number of aldehydes is 2. The molecule has 2 saturated heterocycles. The summed E-state index contributed by atoms with van der Waals surface area (Å²) in [4.78, 5) is 64.1. The lowest BCUT2D eigenvalue weighted by molar-refractivity contribution is -0.384. The van der Waals surface area contributed by atoms with E-state index in [2.05, 4.69) is 201 Å². The molecule has 9 aromatic rings. The number of phenolic OH excluding ortho intramolecular Hbond substituents is 5. The first kappa shape index (κ1) is 89.6. The van der Waals surface area contributed by atoms with Gasteiger partial charge in [-0.1, -0.05) is 131 Å². The number of hydrogen-bond acceptors (Lipinski definition) is 25. The van der Waals surface area contributed by atoms with Crippen LogP contribution in [0.2, 0.25) is 42.8 Å². The summed E-state index contributed by atoms with van der Waals surface area (Å²) >= 11 is 18.4. The van der Waals surface area contributed by atoms with Crippen LogP contribution >= 0.6 is 92.0 Å². The topological polar surface area (TPSA) is 434 Å². The van der Waals surface area contributed by atoms with Crippen LogP contribution in [0.5, 0.6) is 34.5 Å². The number of rotatable bonds is 6. The van der Waals surface area contributed by atoms with Crippen molar-refractivity contribution in [1.29, 1.82) is 0 Å². The minimum absolute atomic E-state index is 0.00637. The number of morpholine rings is 1. The lowest BCUT2D eigenvalue weighted by Gasteiger charge is -2.36. The molecule has 2 aliphatic heterocycles. The maximum atomic E-state index is 10.3. The molecular formula is C66H85Br6N13O14Si2. The minimum Gasteiger partial charge on any atom is -0.542 e. The van der Waals surface area contributed by atoms with Gasteiger partial charge in [-0.05, 0) is 97.0 Å². The number of nitrogens with zero attached hydrogens (tertiary/aromatic N) is 9. The molecule has 35 heteroatoms. The average Bonchev–Trinajstić information content (AvgIpc) is 0.800. The van der Waals surface area contributed by atoms with E-state index in [4.69, 9.17) is 61.7 Å². The number of phenols is 5. The number of nitro benzene ring substituents is 2. The van der Waals surface area contributed by atoms with Crippen LogP contribution in [0.3, 0.4) is 0 Å². The molecule has 6 aromatic carbocycles. The summed E-state index contributed by atoms with van der Waals surface area (Å²) in [5.41, 5.74) is 25.9. The summed E-state index contributed by atoms with van der Waals surface area (Å²) in [6, 6.07) is 20.6. The van der Waals surface area contributed by atoms with Gasteiger partial charge in [0.2, 0.25) is 0 Å². The Labute approximate surface area is 637 Å². The number of aromatic nitrogens is 6. The number of carbonyl (C=O) groups excluding carboxylic acids is 2. The largest absolute Gasteiger partial charge is 0.542 e. The molecule has 3 aromatic heterocycles. The fraction of sp³-hybridized carbons (Fsp3) is 0.333. The monoisotopic (exact) mass is 1810 g/mol. The Morgan fingerprint density at radius 1 is 0.505 bits per heavy atom. The van der Waals surface area contributed by atoms with Crippen LogP contribution in [0.15, 0.2) is 134 Å². The fourth-order valence-electron chi connectivity index (χ4n) is 7.34. The molecule has 0 amide bonds. The second kappa shape index (κ2) is 43.5. The van der Waals surface area contributed by atoms with E-state index in [-0.39, 0.29) is 74.8 Å². The van der Waals surface area contributed by atoms with Crippen LogP contribution in [-0.4, -0.2) is 134 Å². The normalized spacial score (nSPS) is 12.3. The van der Waals surface area contributed by atoms with Crippen LogP contribution in [0.25, 0.3) is 33.1 Å². The third-order valence-corrected chi connectivity index (χ3v) is 25.9. The first-order valence-corrected chi connectivity index (χ1v) is 43.8. The number of aromatic hydroxyl groups is 5. The number of hydrogen-bond donors (Lipinski definition) is 9. The van der Waals surface area contributed by atoms with Gasteiger partial charge in [0, 0.05) is 142 Å². The molecule has 0 radical (unpaired) electrons. The summed E-state index contributed by atoms with van der Waals surface area (Å²) < 4.78 is 19.6. The first-order valence-electron chi connectivity index (χ1n) is 30.5. The Balaban J connectivity index is 0.000000395. The number of halogens is 6. The maximum absolute atomic E-state index is 10.3. The van der Waals surface area contributed by atoms with Crippen LogP contribution in [0.4, 0.5) is 39.8 Å². The van der Waals surface area contributed by atoms with Gasteiger partial charge in [0.1, 0.15) is 51.0 Å². The number of para-hydroxylation sites is 1. The number of nitro groups is 2. The van der Waals surface area contributed by atoms with Gasteiger partial charge in [0.15, 0.2) is 23.9 Å². The molecule has 2 fully saturated rings. The molecule has 13 N–H and O–H groups in total. The van der Waals surface area contributed by atoms with Crippen LogP contribution in [0, 0.1) is 20.2 Å². The number of ether oxygens (including phenoxy) is 2. The van der Waals surface area contributed by atoms with Crippen LogP contribution < -0.4 is 32.3 Å². The van der Waals surface area contributed by atoms with Gasteiger partial charge in [-0.25, -0.2) is 15.0 Å². The van der Waals surface area contributed by atoms with Crippen LogP contribution in [-0.2, 0) is 19.1 Å². The molecule has 0 bridgehead atoms. The highest BCUT2D eigenvalue weighted by Crippen LogP contribution is 2.41. The van der Waals surface area contributed by atoms with E-state index >= 15 is 0 Å². The molecule has 11 rings (SSSR count). The second-order valence-electron chi connectivity index (χ2n) is 25.0. The SMILES string of the molecule is BrBr.C1CCOCC1.CC(C)(C)[Si](C)(C)C.CC(C)(C)[Si](C)(C)Oc1cc(Br)cc2nccnc12.Nc1c(O)cc(Br)cc1[N+](=O)[O-].Nc1c(O)cccc1[N+](=O)[O-].Nc1cc(Br)cc(O)c1N.O=CC=O.Oc1cc(Br)cc2nccnc12.Oc1cc(N2CCOCC2)cc2nccnc12. The summed E-state index contributed by atoms with van der Waals surface area (Å²) in [6.45, 7) is 30.5. The summed E-state index contributed by atoms with van der Waals surface area (Å²) in [5, 5.41) is 67.6. The summed E-state index contributed by atoms with van der Waals surface area (Å²) in [5.74, 6) is 0.593. The summed E-state index contributed by atoms with van der Waals surface area (Å²) in [7, 11) is -2.73. The molecule has 2 aliphatic rings. The zero-order valence-electron chi connectivity index (χ0n) is 57.5. The Hall–Kier alpha value is -7.49. The number of fused-ring (bicyclic) bond motifs is 3. The van der Waals surface area contributed by atoms with Crippen molar-refractivity contribution >= 4 is 194 Å². The standard InChI is InChI=1S/C14H19BrN2OSi.C12H13N3O2.C8H5BrN2O.C7H18Si.C6H5BrN2O3.C6H7BrN2O.C6H6N2O3.C5H10O.C2H2O2.Br2/c1-14(2,3)19(4,5)18-12-9-10(15)8-11-13(12)17-7-6-16-11;16-11-8-9(15-3-5-17-6-4-15)7-10-12(11)14-2-1-13-10;9-5-3-6-8(7(12)4-5)11-2-1-10-6;1-7(2,3)8(4,5)6;7-3-1-4(9(11)12)6(8)5(10)2-3;7-3-1-4(8)6(9)5(10)2-3;7-6-4(8(10)11)2-1-3-5(6)9;1-2-4-6-5-3-1;3-1-2-4;1-2/h6-9H,1-5H3;1-2,7-8,16H,3-6H2;1-4,12H;1-6H3;1-2,10H,8H2;1-2,10H,8-9H2;1-3,9H,7H2;1-5H2;1-2H;. The molecule has 0 atom stereocenters. The fourth-order valence-corrected chi connectivity index (χ4v) is 10.1. The van der Waals surface area contributed by atoms with Gasteiger partial charge in [-0.15, -0.1) is 0 Å². The van der Waals surface area contributed by atoms with E-state index in [1.807, 2.05) is 24.3 Å². The third-order valence-electron chi connectivity index (χ3n) is 15.2. The van der Waals surface area contributed by atoms with Crippen molar-refractivity contribution in [3.8, 4) is 34.5 Å². The van der Waals surface area contributed by atoms with Crippen molar-refractivity contribution in [3.63, 3.8) is 0 Å². The van der Waals surface area contributed by atoms with E-state index in [0.717, 1.165) is 75.4 Å². The highest BCUT2D eigenvalue weighted by molar-refractivity contribution is 9.93. The summed E-state index contributed by atoms with van der Waals surface area (Å²) in [6.07, 6.45) is 14.1. The van der Waals surface area contributed by atoms with E-state index in [1.54, 1.807) is 55.4 Å². The lowest BCUT2D eigenvalue weighted by atomic mass is 10.2. The maximum Gasteiger partial charge on any atom is 0.297 e. The average molecular weight is 1820 g/mol. The molecule has 101 heavy (non-hydrogen) atoms. The Bertz CT molecular complexity index is 4100. The molecule has 0 unspecified atom stereocenters. The molecular weight excluding hydrogens is 1730 g/mol. The first-order chi connectivity index (χ1) is 47.2. The van der Waals surface area contributed by atoms with Gasteiger partial charge in [-0.3, -0.25) is 44.8 Å². The number of nitrogens with two attached hydrogens (primary N) is 4. The minimum atomic E-state index is -1.87. The number of carbonyl (C=O) groups is 2. The molecule has 548 valence electrons. The van der Waals surface area contributed by atoms with Crippen molar-refractivity contribution < 1.29 is 58.9 Å². The van der Waals surface area contributed by atoms with E-state index in [9.17, 15) is 30.4 Å². The van der Waals surface area contributed by atoms with Crippen molar-refractivity contribution in [3.05, 3.63) is 154 Å². The predicted molar refractivity (Wildman–Crippen MR) is 427 cm³/mol. The Morgan fingerprint density at radius 3 is 1.33 bits per heavy atom. The van der Waals surface area contributed by atoms with E-state index in [0.29, 0.717) is 37.3 Å². The number of nitrogen functional groups attached to an aromatic ring is 4. The van der Waals surface area contributed by atoms with Gasteiger partial charge in [0.25, 0.3) is 19.7 Å². The van der Waals surface area contributed by atoms with Gasteiger partial charge in [-0.2, -0.15) is 0 Å². The Morgan fingerprint density at radius 2 is 0.901 bits per heavy atom. The number of benzene rings is 6. The van der Waals surface area contributed by atoms with Crippen molar-refractivity contribution in [1.82, 2.24) is 29.9 Å². The van der Waals surface area contributed by atoms with Crippen molar-refractivity contribution in [2.75, 3.05) is 67.4 Å². The van der Waals surface area contributed by atoms with E-state index in [1.165, 1.54) is 55.7 Å². The van der Waals surface area contributed by atoms with Gasteiger partial charge in [0.05, 0.1) is 51.0 Å². The zero-order valence-corrected chi connectivity index (χ0v) is 69.0. The predicted octanol–water partition coefficient (Wildman–Crippen LogP) is 17.3. The molecule has 5 heterocycles. The second-order valence-corrected chi connectivity index (χ2v) is 39.4. The quantitative estimate of drug-likeness (QED) is 0.0142. The molecule has 27 nitrogen and oxygen atoms in total. The van der Waals surface area contributed by atoms with Crippen molar-refractivity contribution in [2.24, 2.45) is 0 Å². The van der Waals surface area contributed by atoms with Gasteiger partial charge >= 0.3 is 0 Å². The smallest absolute Gasteiger partial charge is 0.297 e. The highest BCUT2D eigenvalue weighted by atomic mass is 80.9. The number of anilines is 5. The van der Waals surface area contributed by atoms with Gasteiger partial charge < -0.3 is 67.3 Å². The van der Waals surface area contributed by atoms with Crippen LogP contribution in [0.1, 0.15) is 60.8 Å². The molecule has 0 aliphatic carbocycles. The Kier molecular flexibility index (Phi) is 38.6.